The van der Waals surface area contributed by atoms with Gasteiger partial charge in [-0.2, -0.15) is 0 Å². The van der Waals surface area contributed by atoms with Crippen LogP contribution in [-0.2, 0) is 4.79 Å². The van der Waals surface area contributed by atoms with E-state index < -0.39 is 0 Å². The van der Waals surface area contributed by atoms with E-state index in [4.69, 9.17) is 5.73 Å². The summed E-state index contributed by atoms with van der Waals surface area (Å²) >= 11 is 0. The molecule has 3 rings (SSSR count). The molecule has 0 atom stereocenters. The first-order chi connectivity index (χ1) is 11.1. The molecule has 1 aromatic carbocycles. The van der Waals surface area contributed by atoms with Crippen molar-refractivity contribution in [1.82, 2.24) is 0 Å². The average molecular weight is 311 g/mol. The summed E-state index contributed by atoms with van der Waals surface area (Å²) in [5.41, 5.74) is 9.63. The summed E-state index contributed by atoms with van der Waals surface area (Å²) in [6.07, 6.45) is 8.32. The summed E-state index contributed by atoms with van der Waals surface area (Å²) < 4.78 is 0. The van der Waals surface area contributed by atoms with Gasteiger partial charge in [0.05, 0.1) is 0 Å². The summed E-state index contributed by atoms with van der Waals surface area (Å²) in [6.45, 7) is 2.02. The Kier molecular flexibility index (Phi) is 4.51. The number of nitrogens with zero attached hydrogens (tertiary/aromatic N) is 1. The number of amides is 1. The zero-order valence-corrected chi connectivity index (χ0v) is 13.9. The van der Waals surface area contributed by atoms with Gasteiger partial charge in [-0.15, -0.1) is 0 Å². The quantitative estimate of drug-likeness (QED) is 0.837. The number of benzene rings is 1. The highest BCUT2D eigenvalue weighted by Crippen LogP contribution is 2.49. The molecule has 2 bridgehead atoms. The number of aliphatic imine (C=N–C) groups is 1. The number of anilines is 1. The maximum Gasteiger partial charge on any atom is 0.228 e. The van der Waals surface area contributed by atoms with E-state index in [0.717, 1.165) is 16.8 Å². The molecule has 122 valence electrons. The van der Waals surface area contributed by atoms with Crippen molar-refractivity contribution in [3.05, 3.63) is 35.4 Å². The van der Waals surface area contributed by atoms with Crippen molar-refractivity contribution in [2.45, 2.75) is 32.6 Å². The van der Waals surface area contributed by atoms with Crippen molar-refractivity contribution in [2.75, 3.05) is 12.4 Å². The second kappa shape index (κ2) is 6.57. The van der Waals surface area contributed by atoms with Crippen molar-refractivity contribution >= 4 is 23.5 Å². The van der Waals surface area contributed by atoms with Crippen LogP contribution in [0.3, 0.4) is 0 Å². The van der Waals surface area contributed by atoms with Crippen LogP contribution in [0.15, 0.2) is 29.3 Å². The number of nitrogens with two attached hydrogens (primary N) is 1. The van der Waals surface area contributed by atoms with E-state index in [1.807, 2.05) is 25.1 Å². The Labute approximate surface area is 137 Å². The van der Waals surface area contributed by atoms with E-state index in [9.17, 15) is 4.79 Å². The minimum atomic E-state index is 0.183. The van der Waals surface area contributed by atoms with E-state index in [0.29, 0.717) is 17.5 Å². The lowest BCUT2D eigenvalue weighted by molar-refractivity contribution is -0.121. The first-order valence-electron chi connectivity index (χ1n) is 8.40. The van der Waals surface area contributed by atoms with Crippen LogP contribution >= 0.6 is 0 Å². The Morgan fingerprint density at radius 1 is 1.26 bits per heavy atom. The Hall–Kier alpha value is -2.10. The van der Waals surface area contributed by atoms with Crippen LogP contribution in [0.25, 0.3) is 5.70 Å². The molecule has 4 heteroatoms. The lowest BCUT2D eigenvalue weighted by Gasteiger charge is -2.16. The number of hydrogen-bond acceptors (Lipinski definition) is 3. The number of carbonyl (C=O) groups is 1. The molecule has 0 radical (unpaired) electrons. The predicted octanol–water partition coefficient (Wildman–Crippen LogP) is 3.37. The van der Waals surface area contributed by atoms with Crippen LogP contribution in [0.4, 0.5) is 5.69 Å². The second-order valence-electron chi connectivity index (χ2n) is 6.75. The highest BCUT2D eigenvalue weighted by molar-refractivity contribution is 5.94. The fourth-order valence-electron chi connectivity index (χ4n) is 4.16. The van der Waals surface area contributed by atoms with Crippen molar-refractivity contribution in [3.63, 3.8) is 0 Å². The molecule has 0 spiro atoms. The highest BCUT2D eigenvalue weighted by atomic mass is 16.1. The Balaban J connectivity index is 1.77. The van der Waals surface area contributed by atoms with Gasteiger partial charge in [-0.3, -0.25) is 9.79 Å². The predicted molar refractivity (Wildman–Crippen MR) is 95.3 cm³/mol. The maximum atomic E-state index is 12.6. The molecule has 4 nitrogen and oxygen atoms in total. The van der Waals surface area contributed by atoms with Crippen molar-refractivity contribution in [2.24, 2.45) is 28.5 Å². The van der Waals surface area contributed by atoms with E-state index in [1.54, 1.807) is 19.3 Å². The number of allylic oxidation sites excluding steroid dienone is 1. The van der Waals surface area contributed by atoms with E-state index in [2.05, 4.69) is 10.3 Å². The van der Waals surface area contributed by atoms with Gasteiger partial charge in [0, 0.05) is 36.1 Å². The normalized spacial score (nSPS) is 26.9. The molecule has 1 amide bonds. The van der Waals surface area contributed by atoms with Crippen LogP contribution < -0.4 is 11.1 Å². The van der Waals surface area contributed by atoms with E-state index in [-0.39, 0.29) is 11.8 Å². The molecular formula is C19H25N3O. The van der Waals surface area contributed by atoms with Crippen LogP contribution in [0.1, 0.15) is 36.8 Å². The number of rotatable bonds is 4. The molecule has 0 saturated heterocycles. The molecule has 0 unspecified atom stereocenters. The molecule has 2 aliphatic rings. The second-order valence-corrected chi connectivity index (χ2v) is 6.75. The number of fused-ring (bicyclic) bond motifs is 2. The van der Waals surface area contributed by atoms with Gasteiger partial charge in [0.25, 0.3) is 0 Å². The fraction of sp³-hybridized carbons (Fsp3) is 0.474. The molecule has 0 aromatic heterocycles. The van der Waals surface area contributed by atoms with Gasteiger partial charge in [-0.1, -0.05) is 6.07 Å². The minimum absolute atomic E-state index is 0.183. The number of aryl methyl sites for hydroxylation is 1. The monoisotopic (exact) mass is 311 g/mol. The number of carbonyl (C=O) groups excluding carboxylic acids is 1. The van der Waals surface area contributed by atoms with Gasteiger partial charge in [0.15, 0.2) is 0 Å². The van der Waals surface area contributed by atoms with Gasteiger partial charge in [-0.05, 0) is 68.2 Å². The van der Waals surface area contributed by atoms with Crippen LogP contribution in [-0.4, -0.2) is 19.2 Å². The third-order valence-corrected chi connectivity index (χ3v) is 5.35. The van der Waals surface area contributed by atoms with E-state index in [1.165, 1.54) is 25.7 Å². The average Bonchev–Trinajstić information content (AvgIpc) is 3.14. The largest absolute Gasteiger partial charge is 0.398 e. The maximum absolute atomic E-state index is 12.6. The van der Waals surface area contributed by atoms with Gasteiger partial charge in [0.2, 0.25) is 5.91 Å². The molecule has 0 aliphatic heterocycles. The summed E-state index contributed by atoms with van der Waals surface area (Å²) in [6, 6.07) is 5.91. The Morgan fingerprint density at radius 3 is 2.52 bits per heavy atom. The summed E-state index contributed by atoms with van der Waals surface area (Å²) in [5.74, 6) is 1.58. The molecule has 2 saturated carbocycles. The van der Waals surface area contributed by atoms with Crippen molar-refractivity contribution in [1.29, 1.82) is 0 Å². The van der Waals surface area contributed by atoms with Gasteiger partial charge in [-0.25, -0.2) is 0 Å². The van der Waals surface area contributed by atoms with Crippen molar-refractivity contribution in [3.8, 4) is 0 Å². The number of nitrogens with one attached hydrogen (secondary N) is 1. The lowest BCUT2D eigenvalue weighted by Crippen LogP contribution is -2.26. The Bertz CT molecular complexity index is 643. The first kappa shape index (κ1) is 15.8. The minimum Gasteiger partial charge on any atom is -0.398 e. The van der Waals surface area contributed by atoms with Crippen LogP contribution in [0.2, 0.25) is 0 Å². The standard InChI is InChI=1S/C19H25N3O/c1-12-3-8-15(11-16(12)17(20)9-10-21-2)22-19(23)18-13-4-5-14(18)7-6-13/h3,8-11,13-14,18H,4-7,20H2,1-2H3,(H,22,23)/b17-9-,21-10?. The van der Waals surface area contributed by atoms with Crippen LogP contribution in [0, 0.1) is 24.7 Å². The van der Waals surface area contributed by atoms with Crippen molar-refractivity contribution < 1.29 is 4.79 Å². The molecular weight excluding hydrogens is 286 g/mol. The smallest absolute Gasteiger partial charge is 0.228 e. The summed E-state index contributed by atoms with van der Waals surface area (Å²) in [4.78, 5) is 16.6. The van der Waals surface area contributed by atoms with Gasteiger partial charge in [0.1, 0.15) is 0 Å². The third-order valence-electron chi connectivity index (χ3n) is 5.35. The van der Waals surface area contributed by atoms with Gasteiger partial charge >= 0.3 is 0 Å². The van der Waals surface area contributed by atoms with Crippen LogP contribution in [0.5, 0.6) is 0 Å². The molecule has 2 aliphatic carbocycles. The zero-order valence-electron chi connectivity index (χ0n) is 13.9. The Morgan fingerprint density at radius 2 is 1.91 bits per heavy atom. The number of hydrogen-bond donors (Lipinski definition) is 2. The first-order valence-corrected chi connectivity index (χ1v) is 8.40. The highest BCUT2D eigenvalue weighted by Gasteiger charge is 2.45. The third kappa shape index (κ3) is 3.16. The van der Waals surface area contributed by atoms with E-state index >= 15 is 0 Å². The fourth-order valence-corrected chi connectivity index (χ4v) is 4.16. The molecule has 2 fully saturated rings. The SMILES string of the molecule is CN=C/C=C(\N)c1cc(NC(=O)C2C3CCC2CC3)ccc1C. The topological polar surface area (TPSA) is 67.5 Å². The molecule has 1 aromatic rings. The van der Waals surface area contributed by atoms with Gasteiger partial charge < -0.3 is 11.1 Å². The lowest BCUT2D eigenvalue weighted by atomic mass is 9.96. The molecule has 0 heterocycles. The molecule has 23 heavy (non-hydrogen) atoms. The summed E-state index contributed by atoms with van der Waals surface area (Å²) in [5, 5.41) is 3.11. The summed E-state index contributed by atoms with van der Waals surface area (Å²) in [7, 11) is 1.71. The molecule has 3 N–H and O–H groups in total. The zero-order chi connectivity index (χ0) is 16.4.